The maximum Gasteiger partial charge on any atom is 0.0439 e. The summed E-state index contributed by atoms with van der Waals surface area (Å²) >= 11 is 12.1. The molecule has 0 aliphatic heterocycles. The molecule has 0 saturated carbocycles. The van der Waals surface area contributed by atoms with E-state index in [9.17, 15) is 0 Å². The summed E-state index contributed by atoms with van der Waals surface area (Å²) in [4.78, 5) is 0. The summed E-state index contributed by atoms with van der Waals surface area (Å²) in [5.74, 6) is 0.617. The van der Waals surface area contributed by atoms with Crippen LogP contribution in [0.2, 0.25) is 10.0 Å². The lowest BCUT2D eigenvalue weighted by molar-refractivity contribution is 0.481. The van der Waals surface area contributed by atoms with Crippen LogP contribution in [0.1, 0.15) is 18.9 Å². The standard InChI is InChI=1S/C12H17Cl2N/c1-3-9(8-15-2)6-10-7-11(13)4-5-12(10)14/h4-5,7,9,15H,3,6,8H2,1-2H3. The molecule has 1 atom stereocenters. The molecule has 0 heterocycles. The summed E-state index contributed by atoms with van der Waals surface area (Å²) < 4.78 is 0. The molecule has 1 unspecified atom stereocenters. The Labute approximate surface area is 102 Å². The van der Waals surface area contributed by atoms with Gasteiger partial charge in [-0.2, -0.15) is 0 Å². The predicted octanol–water partition coefficient (Wildman–Crippen LogP) is 3.78. The normalized spacial score (nSPS) is 12.8. The van der Waals surface area contributed by atoms with Crippen molar-refractivity contribution in [3.8, 4) is 0 Å². The fourth-order valence-electron chi connectivity index (χ4n) is 1.66. The van der Waals surface area contributed by atoms with Crippen molar-refractivity contribution >= 4 is 23.2 Å². The minimum Gasteiger partial charge on any atom is -0.319 e. The lowest BCUT2D eigenvalue weighted by Gasteiger charge is -2.15. The fourth-order valence-corrected chi connectivity index (χ4v) is 2.05. The van der Waals surface area contributed by atoms with Gasteiger partial charge in [0.1, 0.15) is 0 Å². The van der Waals surface area contributed by atoms with Gasteiger partial charge in [-0.25, -0.2) is 0 Å². The highest BCUT2D eigenvalue weighted by atomic mass is 35.5. The zero-order valence-electron chi connectivity index (χ0n) is 9.19. The van der Waals surface area contributed by atoms with Gasteiger partial charge in [0.15, 0.2) is 0 Å². The van der Waals surface area contributed by atoms with Gasteiger partial charge in [0.05, 0.1) is 0 Å². The van der Waals surface area contributed by atoms with Crippen LogP contribution in [0.25, 0.3) is 0 Å². The van der Waals surface area contributed by atoms with Crippen molar-refractivity contribution in [2.24, 2.45) is 5.92 Å². The average Bonchev–Trinajstić information content (AvgIpc) is 2.22. The number of rotatable bonds is 5. The summed E-state index contributed by atoms with van der Waals surface area (Å²) in [6, 6.07) is 5.65. The van der Waals surface area contributed by atoms with Gasteiger partial charge in [0.25, 0.3) is 0 Å². The lowest BCUT2D eigenvalue weighted by atomic mass is 9.97. The first-order valence-corrected chi connectivity index (χ1v) is 6.01. The molecule has 0 bridgehead atoms. The third-order valence-electron chi connectivity index (χ3n) is 2.59. The van der Waals surface area contributed by atoms with Crippen molar-refractivity contribution < 1.29 is 0 Å². The van der Waals surface area contributed by atoms with E-state index in [-0.39, 0.29) is 0 Å². The van der Waals surface area contributed by atoms with Gasteiger partial charge in [0.2, 0.25) is 0 Å². The van der Waals surface area contributed by atoms with Crippen molar-refractivity contribution in [3.05, 3.63) is 33.8 Å². The van der Waals surface area contributed by atoms with Crippen molar-refractivity contribution in [1.82, 2.24) is 5.32 Å². The Bertz CT molecular complexity index is 312. The number of nitrogens with one attached hydrogen (secondary N) is 1. The molecule has 0 aliphatic rings. The number of hydrogen-bond donors (Lipinski definition) is 1. The predicted molar refractivity (Wildman–Crippen MR) is 67.9 cm³/mol. The van der Waals surface area contributed by atoms with Gasteiger partial charge in [-0.3, -0.25) is 0 Å². The maximum atomic E-state index is 6.12. The fraction of sp³-hybridized carbons (Fsp3) is 0.500. The quantitative estimate of drug-likeness (QED) is 0.833. The van der Waals surface area contributed by atoms with Crippen LogP contribution in [0.5, 0.6) is 0 Å². The van der Waals surface area contributed by atoms with E-state index in [2.05, 4.69) is 12.2 Å². The molecular formula is C12H17Cl2N. The molecule has 0 amide bonds. The number of hydrogen-bond acceptors (Lipinski definition) is 1. The van der Waals surface area contributed by atoms with E-state index in [1.165, 1.54) is 0 Å². The molecule has 0 aromatic heterocycles. The zero-order valence-corrected chi connectivity index (χ0v) is 10.7. The Balaban J connectivity index is 2.73. The van der Waals surface area contributed by atoms with Gasteiger partial charge in [0, 0.05) is 10.0 Å². The molecule has 0 saturated heterocycles. The van der Waals surface area contributed by atoms with E-state index in [0.717, 1.165) is 35.0 Å². The second-order valence-electron chi connectivity index (χ2n) is 3.77. The van der Waals surface area contributed by atoms with E-state index in [4.69, 9.17) is 23.2 Å². The van der Waals surface area contributed by atoms with Gasteiger partial charge in [-0.05, 0) is 49.7 Å². The molecular weight excluding hydrogens is 229 g/mol. The van der Waals surface area contributed by atoms with Crippen LogP contribution >= 0.6 is 23.2 Å². The van der Waals surface area contributed by atoms with Crippen LogP contribution in [-0.2, 0) is 6.42 Å². The smallest absolute Gasteiger partial charge is 0.0439 e. The molecule has 0 aliphatic carbocycles. The van der Waals surface area contributed by atoms with Crippen molar-refractivity contribution in [2.75, 3.05) is 13.6 Å². The Morgan fingerprint density at radius 2 is 2.07 bits per heavy atom. The molecule has 1 rings (SSSR count). The third-order valence-corrected chi connectivity index (χ3v) is 3.19. The summed E-state index contributed by atoms with van der Waals surface area (Å²) in [5.41, 5.74) is 1.14. The molecule has 0 radical (unpaired) electrons. The second kappa shape index (κ2) is 6.37. The van der Waals surface area contributed by atoms with Crippen LogP contribution in [0.4, 0.5) is 0 Å². The highest BCUT2D eigenvalue weighted by Gasteiger charge is 2.09. The minimum absolute atomic E-state index is 0.617. The SMILES string of the molecule is CCC(CNC)Cc1cc(Cl)ccc1Cl. The summed E-state index contributed by atoms with van der Waals surface area (Å²) in [7, 11) is 1.97. The first-order chi connectivity index (χ1) is 7.17. The van der Waals surface area contributed by atoms with E-state index < -0.39 is 0 Å². The van der Waals surface area contributed by atoms with Gasteiger partial charge in [-0.1, -0.05) is 36.5 Å². The van der Waals surface area contributed by atoms with Crippen LogP contribution in [0.3, 0.4) is 0 Å². The Morgan fingerprint density at radius 1 is 1.33 bits per heavy atom. The monoisotopic (exact) mass is 245 g/mol. The van der Waals surface area contributed by atoms with Gasteiger partial charge >= 0.3 is 0 Å². The van der Waals surface area contributed by atoms with Crippen LogP contribution in [0.15, 0.2) is 18.2 Å². The zero-order chi connectivity index (χ0) is 11.3. The first-order valence-electron chi connectivity index (χ1n) is 5.25. The van der Waals surface area contributed by atoms with E-state index in [1.807, 2.05) is 25.2 Å². The van der Waals surface area contributed by atoms with Crippen molar-refractivity contribution in [2.45, 2.75) is 19.8 Å². The van der Waals surface area contributed by atoms with Crippen molar-refractivity contribution in [3.63, 3.8) is 0 Å². The second-order valence-corrected chi connectivity index (χ2v) is 4.62. The van der Waals surface area contributed by atoms with Crippen LogP contribution < -0.4 is 5.32 Å². The Hall–Kier alpha value is -0.240. The molecule has 1 aromatic carbocycles. The third kappa shape index (κ3) is 4.02. The molecule has 1 aromatic rings. The highest BCUT2D eigenvalue weighted by Crippen LogP contribution is 2.24. The summed E-state index contributed by atoms with van der Waals surface area (Å²) in [6.45, 7) is 3.21. The molecule has 3 heteroatoms. The summed E-state index contributed by atoms with van der Waals surface area (Å²) in [5, 5.41) is 4.77. The highest BCUT2D eigenvalue weighted by molar-refractivity contribution is 6.33. The van der Waals surface area contributed by atoms with Gasteiger partial charge < -0.3 is 5.32 Å². The topological polar surface area (TPSA) is 12.0 Å². The molecule has 1 nitrogen and oxygen atoms in total. The molecule has 0 fully saturated rings. The van der Waals surface area contributed by atoms with Gasteiger partial charge in [-0.15, -0.1) is 0 Å². The lowest BCUT2D eigenvalue weighted by Crippen LogP contribution is -2.20. The molecule has 0 spiro atoms. The Kier molecular flexibility index (Phi) is 5.44. The van der Waals surface area contributed by atoms with E-state index in [0.29, 0.717) is 5.92 Å². The van der Waals surface area contributed by atoms with E-state index in [1.54, 1.807) is 0 Å². The Morgan fingerprint density at radius 3 is 2.67 bits per heavy atom. The first kappa shape index (κ1) is 12.8. The number of halogens is 2. The molecule has 15 heavy (non-hydrogen) atoms. The van der Waals surface area contributed by atoms with Crippen molar-refractivity contribution in [1.29, 1.82) is 0 Å². The van der Waals surface area contributed by atoms with Crippen LogP contribution in [-0.4, -0.2) is 13.6 Å². The molecule has 84 valence electrons. The average molecular weight is 246 g/mol. The minimum atomic E-state index is 0.617. The van der Waals surface area contributed by atoms with E-state index >= 15 is 0 Å². The molecule has 1 N–H and O–H groups in total. The number of benzene rings is 1. The van der Waals surface area contributed by atoms with Crippen LogP contribution in [0, 0.1) is 5.92 Å². The maximum absolute atomic E-state index is 6.12. The largest absolute Gasteiger partial charge is 0.319 e. The summed E-state index contributed by atoms with van der Waals surface area (Å²) in [6.07, 6.45) is 2.13.